The van der Waals surface area contributed by atoms with Crippen LogP contribution >= 0.6 is 0 Å². The zero-order valence-corrected chi connectivity index (χ0v) is 11.7. The maximum absolute atomic E-state index is 11.3. The van der Waals surface area contributed by atoms with Gasteiger partial charge in [-0.05, 0) is 25.1 Å². The molecule has 0 aliphatic carbocycles. The Morgan fingerprint density at radius 1 is 1.14 bits per heavy atom. The van der Waals surface area contributed by atoms with Crippen LogP contribution in [0.1, 0.15) is 23.1 Å². The summed E-state index contributed by atoms with van der Waals surface area (Å²) < 4.78 is 10.8. The number of Topliss-reactive ketones (excluding diaryl/α,β-unsaturated/α-hetero) is 1. The highest BCUT2D eigenvalue weighted by Gasteiger charge is 2.10. The van der Waals surface area contributed by atoms with Crippen LogP contribution in [0.15, 0.2) is 18.2 Å². The van der Waals surface area contributed by atoms with E-state index in [0.29, 0.717) is 22.9 Å². The Labute approximate surface area is 121 Å². The van der Waals surface area contributed by atoms with Crippen LogP contribution in [0.5, 0.6) is 11.5 Å². The Morgan fingerprint density at radius 2 is 1.81 bits per heavy atom. The summed E-state index contributed by atoms with van der Waals surface area (Å²) in [7, 11) is 1.49. The van der Waals surface area contributed by atoms with Gasteiger partial charge < -0.3 is 20.9 Å². The van der Waals surface area contributed by atoms with Crippen molar-refractivity contribution >= 4 is 17.7 Å². The second-order valence-corrected chi connectivity index (χ2v) is 4.18. The first-order valence-electron chi connectivity index (χ1n) is 6.07. The van der Waals surface area contributed by atoms with Crippen molar-refractivity contribution in [1.82, 2.24) is 15.0 Å². The van der Waals surface area contributed by atoms with Crippen molar-refractivity contribution in [3.63, 3.8) is 0 Å². The minimum Gasteiger partial charge on any atom is -0.493 e. The molecule has 0 aliphatic rings. The normalized spacial score (nSPS) is 10.2. The number of ether oxygens (including phenoxy) is 2. The molecule has 0 unspecified atom stereocenters. The Hall–Kier alpha value is -2.90. The molecule has 2 aromatic rings. The maximum atomic E-state index is 11.3. The van der Waals surface area contributed by atoms with E-state index in [0.717, 1.165) is 0 Å². The Morgan fingerprint density at radius 3 is 2.38 bits per heavy atom. The predicted molar refractivity (Wildman–Crippen MR) is 76.0 cm³/mol. The van der Waals surface area contributed by atoms with Gasteiger partial charge in [-0.2, -0.15) is 15.0 Å². The average molecular weight is 289 g/mol. The molecule has 21 heavy (non-hydrogen) atoms. The highest BCUT2D eigenvalue weighted by Crippen LogP contribution is 2.28. The molecule has 2 rings (SSSR count). The molecular weight excluding hydrogens is 274 g/mol. The zero-order valence-electron chi connectivity index (χ0n) is 11.7. The quantitative estimate of drug-likeness (QED) is 0.775. The van der Waals surface area contributed by atoms with E-state index >= 15 is 0 Å². The molecule has 0 bridgehead atoms. The third-order valence-electron chi connectivity index (χ3n) is 2.64. The molecule has 0 atom stereocenters. The van der Waals surface area contributed by atoms with Gasteiger partial charge in [0.05, 0.1) is 7.11 Å². The van der Waals surface area contributed by atoms with Crippen molar-refractivity contribution in [2.45, 2.75) is 13.5 Å². The van der Waals surface area contributed by atoms with Gasteiger partial charge in [-0.15, -0.1) is 0 Å². The third kappa shape index (κ3) is 3.56. The van der Waals surface area contributed by atoms with Gasteiger partial charge in [0.2, 0.25) is 11.9 Å². The van der Waals surface area contributed by atoms with Gasteiger partial charge in [0.25, 0.3) is 0 Å². The number of carbonyl (C=O) groups excluding carboxylic acids is 1. The monoisotopic (exact) mass is 289 g/mol. The summed E-state index contributed by atoms with van der Waals surface area (Å²) >= 11 is 0. The third-order valence-corrected chi connectivity index (χ3v) is 2.64. The van der Waals surface area contributed by atoms with Gasteiger partial charge in [-0.1, -0.05) is 0 Å². The van der Waals surface area contributed by atoms with E-state index in [-0.39, 0.29) is 24.3 Å². The zero-order chi connectivity index (χ0) is 15.4. The molecular formula is C13H15N5O3. The van der Waals surface area contributed by atoms with Crippen LogP contribution in [0.2, 0.25) is 0 Å². The Bertz CT molecular complexity index is 655. The van der Waals surface area contributed by atoms with Gasteiger partial charge in [0, 0.05) is 5.56 Å². The average Bonchev–Trinajstić information content (AvgIpc) is 2.43. The number of nitrogens with zero attached hydrogens (tertiary/aromatic N) is 3. The van der Waals surface area contributed by atoms with E-state index in [1.54, 1.807) is 18.2 Å². The summed E-state index contributed by atoms with van der Waals surface area (Å²) in [5.74, 6) is 1.20. The van der Waals surface area contributed by atoms with Crippen LogP contribution in [0.3, 0.4) is 0 Å². The number of carbonyl (C=O) groups is 1. The van der Waals surface area contributed by atoms with Crippen LogP contribution < -0.4 is 20.9 Å². The lowest BCUT2D eigenvalue weighted by atomic mass is 10.1. The first-order valence-corrected chi connectivity index (χ1v) is 6.07. The van der Waals surface area contributed by atoms with Gasteiger partial charge in [-0.3, -0.25) is 4.79 Å². The number of benzene rings is 1. The van der Waals surface area contributed by atoms with E-state index in [4.69, 9.17) is 20.9 Å². The van der Waals surface area contributed by atoms with Crippen LogP contribution in [-0.4, -0.2) is 27.8 Å². The van der Waals surface area contributed by atoms with Gasteiger partial charge in [0.1, 0.15) is 6.61 Å². The predicted octanol–water partition coefficient (Wildman–Crippen LogP) is 0.826. The fraction of sp³-hybridized carbons (Fsp3) is 0.231. The highest BCUT2D eigenvalue weighted by atomic mass is 16.5. The standard InChI is InChI=1S/C13H15N5O3/c1-7(19)8-3-4-9(10(5-8)20-2)21-6-11-16-12(14)18-13(15)17-11/h3-5H,6H2,1-2H3,(H4,14,15,16,17,18). The molecule has 0 spiro atoms. The molecule has 0 radical (unpaired) electrons. The fourth-order valence-corrected chi connectivity index (χ4v) is 1.67. The lowest BCUT2D eigenvalue weighted by molar-refractivity contribution is 0.101. The first kappa shape index (κ1) is 14.5. The first-order chi connectivity index (χ1) is 9.99. The molecule has 8 heteroatoms. The summed E-state index contributed by atoms with van der Waals surface area (Å²) in [6.45, 7) is 1.53. The van der Waals surface area contributed by atoms with E-state index in [1.807, 2.05) is 0 Å². The van der Waals surface area contributed by atoms with E-state index in [1.165, 1.54) is 14.0 Å². The molecule has 110 valence electrons. The van der Waals surface area contributed by atoms with E-state index < -0.39 is 0 Å². The smallest absolute Gasteiger partial charge is 0.225 e. The van der Waals surface area contributed by atoms with Crippen molar-refractivity contribution in [1.29, 1.82) is 0 Å². The molecule has 4 N–H and O–H groups in total. The van der Waals surface area contributed by atoms with Gasteiger partial charge >= 0.3 is 0 Å². The molecule has 8 nitrogen and oxygen atoms in total. The number of hydrogen-bond acceptors (Lipinski definition) is 8. The second kappa shape index (κ2) is 6.04. The van der Waals surface area contributed by atoms with Crippen LogP contribution in [0, 0.1) is 0 Å². The number of nitrogens with two attached hydrogens (primary N) is 2. The van der Waals surface area contributed by atoms with Crippen LogP contribution in [0.4, 0.5) is 11.9 Å². The number of ketones is 1. The molecule has 0 fully saturated rings. The van der Waals surface area contributed by atoms with E-state index in [2.05, 4.69) is 15.0 Å². The van der Waals surface area contributed by atoms with Gasteiger partial charge in [0.15, 0.2) is 23.1 Å². The lowest BCUT2D eigenvalue weighted by Crippen LogP contribution is -2.09. The van der Waals surface area contributed by atoms with Crippen LogP contribution in [-0.2, 0) is 6.61 Å². The Kier molecular flexibility index (Phi) is 4.17. The molecule has 1 aromatic heterocycles. The number of nitrogen functional groups attached to an aromatic ring is 2. The summed E-state index contributed by atoms with van der Waals surface area (Å²) in [4.78, 5) is 22.8. The number of methoxy groups -OCH3 is 1. The highest BCUT2D eigenvalue weighted by molar-refractivity contribution is 5.94. The Balaban J connectivity index is 2.17. The molecule has 0 saturated heterocycles. The fourth-order valence-electron chi connectivity index (χ4n) is 1.67. The van der Waals surface area contributed by atoms with Crippen molar-refractivity contribution in [3.8, 4) is 11.5 Å². The topological polar surface area (TPSA) is 126 Å². The minimum atomic E-state index is -0.0575. The van der Waals surface area contributed by atoms with Crippen molar-refractivity contribution in [2.75, 3.05) is 18.6 Å². The minimum absolute atomic E-state index is 0.0278. The molecule has 0 saturated carbocycles. The SMILES string of the molecule is COc1cc(C(C)=O)ccc1OCc1nc(N)nc(N)n1. The molecule has 0 aliphatic heterocycles. The second-order valence-electron chi connectivity index (χ2n) is 4.18. The summed E-state index contributed by atoms with van der Waals surface area (Å²) in [6, 6.07) is 4.90. The lowest BCUT2D eigenvalue weighted by Gasteiger charge is -2.11. The number of rotatable bonds is 5. The molecule has 1 aromatic carbocycles. The van der Waals surface area contributed by atoms with Crippen molar-refractivity contribution in [3.05, 3.63) is 29.6 Å². The summed E-state index contributed by atoms with van der Waals surface area (Å²) in [5, 5.41) is 0. The summed E-state index contributed by atoms with van der Waals surface area (Å²) in [6.07, 6.45) is 0. The number of aromatic nitrogens is 3. The maximum Gasteiger partial charge on any atom is 0.225 e. The molecule has 1 heterocycles. The number of hydrogen-bond donors (Lipinski definition) is 2. The van der Waals surface area contributed by atoms with Crippen molar-refractivity contribution < 1.29 is 14.3 Å². The van der Waals surface area contributed by atoms with Gasteiger partial charge in [-0.25, -0.2) is 0 Å². The van der Waals surface area contributed by atoms with E-state index in [9.17, 15) is 4.79 Å². The molecule has 0 amide bonds. The number of anilines is 2. The van der Waals surface area contributed by atoms with Crippen molar-refractivity contribution in [2.24, 2.45) is 0 Å². The largest absolute Gasteiger partial charge is 0.493 e. The summed E-state index contributed by atoms with van der Waals surface area (Å²) in [5.41, 5.74) is 11.5. The van der Waals surface area contributed by atoms with Crippen LogP contribution in [0.25, 0.3) is 0 Å².